The minimum atomic E-state index is -0.425. The Bertz CT molecular complexity index is 442. The Kier molecular flexibility index (Phi) is 5.85. The number of nitrogen functional groups attached to an aromatic ring is 1. The van der Waals surface area contributed by atoms with E-state index in [1.54, 1.807) is 29.2 Å². The third kappa shape index (κ3) is 4.99. The molecule has 0 spiro atoms. The Hall–Kier alpha value is -2.04. The highest BCUT2D eigenvalue weighted by molar-refractivity contribution is 5.81. The van der Waals surface area contributed by atoms with Gasteiger partial charge in [0.15, 0.2) is 6.61 Å². The number of rotatable bonds is 6. The lowest BCUT2D eigenvalue weighted by Gasteiger charge is -2.18. The van der Waals surface area contributed by atoms with Crippen molar-refractivity contribution in [2.75, 3.05) is 25.4 Å². The van der Waals surface area contributed by atoms with Gasteiger partial charge in [-0.15, -0.1) is 0 Å². The molecule has 5 nitrogen and oxygen atoms in total. The molecule has 0 atom stereocenters. The summed E-state index contributed by atoms with van der Waals surface area (Å²) in [4.78, 5) is 24.9. The maximum atomic E-state index is 11.6. The molecule has 0 aliphatic rings. The lowest BCUT2D eigenvalue weighted by molar-refractivity contribution is -0.151. The van der Waals surface area contributed by atoms with Crippen LogP contribution < -0.4 is 5.73 Å². The van der Waals surface area contributed by atoms with Gasteiger partial charge >= 0.3 is 5.97 Å². The number of benzene rings is 1. The second-order valence-corrected chi connectivity index (χ2v) is 4.15. The van der Waals surface area contributed by atoms with E-state index in [1.165, 1.54) is 0 Å². The minimum Gasteiger partial charge on any atom is -0.455 e. The van der Waals surface area contributed by atoms with E-state index in [0.29, 0.717) is 18.8 Å². The fraction of sp³-hybridized carbons (Fsp3) is 0.429. The number of hydrogen-bond acceptors (Lipinski definition) is 4. The van der Waals surface area contributed by atoms with Crippen molar-refractivity contribution in [3.8, 4) is 0 Å². The van der Waals surface area contributed by atoms with E-state index in [-0.39, 0.29) is 18.9 Å². The molecule has 1 amide bonds. The van der Waals surface area contributed by atoms with Crippen LogP contribution in [-0.2, 0) is 20.7 Å². The number of likely N-dealkylation sites (N-methyl/N-ethyl adjacent to an activating group) is 1. The third-order valence-electron chi connectivity index (χ3n) is 2.77. The van der Waals surface area contributed by atoms with Gasteiger partial charge < -0.3 is 15.4 Å². The van der Waals surface area contributed by atoms with E-state index >= 15 is 0 Å². The Balaban J connectivity index is 2.42. The zero-order valence-electron chi connectivity index (χ0n) is 11.4. The monoisotopic (exact) mass is 264 g/mol. The molecule has 0 aromatic heterocycles. The number of anilines is 1. The SMILES string of the molecule is CCN(CC)C(=O)COC(=O)Cc1cccc(N)c1. The van der Waals surface area contributed by atoms with Crippen LogP contribution in [0, 0.1) is 0 Å². The van der Waals surface area contributed by atoms with Gasteiger partial charge in [0.1, 0.15) is 0 Å². The van der Waals surface area contributed by atoms with Gasteiger partial charge in [-0.1, -0.05) is 12.1 Å². The Morgan fingerprint density at radius 3 is 2.53 bits per heavy atom. The maximum Gasteiger partial charge on any atom is 0.310 e. The molecule has 1 aromatic carbocycles. The first-order valence-electron chi connectivity index (χ1n) is 6.34. The van der Waals surface area contributed by atoms with E-state index in [2.05, 4.69) is 0 Å². The zero-order valence-corrected chi connectivity index (χ0v) is 11.4. The highest BCUT2D eigenvalue weighted by Gasteiger charge is 2.12. The van der Waals surface area contributed by atoms with Gasteiger partial charge in [-0.2, -0.15) is 0 Å². The second kappa shape index (κ2) is 7.41. The van der Waals surface area contributed by atoms with E-state index in [4.69, 9.17) is 10.5 Å². The fourth-order valence-electron chi connectivity index (χ4n) is 1.73. The molecule has 0 saturated carbocycles. The first-order chi connectivity index (χ1) is 9.06. The highest BCUT2D eigenvalue weighted by atomic mass is 16.5. The van der Waals surface area contributed by atoms with Crippen LogP contribution in [0.25, 0.3) is 0 Å². The van der Waals surface area contributed by atoms with Crippen molar-refractivity contribution >= 4 is 17.6 Å². The average Bonchev–Trinajstić information content (AvgIpc) is 2.38. The summed E-state index contributed by atoms with van der Waals surface area (Å²) in [6, 6.07) is 7.04. The van der Waals surface area contributed by atoms with E-state index in [0.717, 1.165) is 5.56 Å². The smallest absolute Gasteiger partial charge is 0.310 e. The van der Waals surface area contributed by atoms with Gasteiger partial charge in [-0.05, 0) is 31.5 Å². The number of hydrogen-bond donors (Lipinski definition) is 1. The van der Waals surface area contributed by atoms with Crippen molar-refractivity contribution in [2.45, 2.75) is 20.3 Å². The molecule has 0 fully saturated rings. The van der Waals surface area contributed by atoms with Crippen molar-refractivity contribution < 1.29 is 14.3 Å². The molecule has 0 saturated heterocycles. The number of amides is 1. The van der Waals surface area contributed by atoms with Crippen molar-refractivity contribution in [2.24, 2.45) is 0 Å². The molecule has 1 aromatic rings. The molecule has 0 bridgehead atoms. The van der Waals surface area contributed by atoms with E-state index < -0.39 is 5.97 Å². The molecule has 0 aliphatic heterocycles. The summed E-state index contributed by atoms with van der Waals surface area (Å²) in [7, 11) is 0. The summed E-state index contributed by atoms with van der Waals surface area (Å²) >= 11 is 0. The zero-order chi connectivity index (χ0) is 14.3. The van der Waals surface area contributed by atoms with E-state index in [1.807, 2.05) is 13.8 Å². The fourth-order valence-corrected chi connectivity index (χ4v) is 1.73. The molecule has 0 aliphatic carbocycles. The largest absolute Gasteiger partial charge is 0.455 e. The molecule has 0 radical (unpaired) electrons. The Morgan fingerprint density at radius 1 is 1.26 bits per heavy atom. The van der Waals surface area contributed by atoms with Crippen LogP contribution in [0.2, 0.25) is 0 Å². The third-order valence-corrected chi connectivity index (χ3v) is 2.77. The molecule has 19 heavy (non-hydrogen) atoms. The maximum absolute atomic E-state index is 11.6. The molecule has 0 heterocycles. The minimum absolute atomic E-state index is 0.122. The summed E-state index contributed by atoms with van der Waals surface area (Å²) in [5, 5.41) is 0. The first kappa shape index (κ1) is 15.0. The number of nitrogens with zero attached hydrogens (tertiary/aromatic N) is 1. The molecule has 1 rings (SSSR count). The van der Waals surface area contributed by atoms with Gasteiger partial charge in [0.2, 0.25) is 0 Å². The molecule has 0 unspecified atom stereocenters. The van der Waals surface area contributed by atoms with Gasteiger partial charge in [0.05, 0.1) is 6.42 Å². The van der Waals surface area contributed by atoms with Gasteiger partial charge in [0, 0.05) is 18.8 Å². The van der Waals surface area contributed by atoms with Crippen LogP contribution in [-0.4, -0.2) is 36.5 Å². The number of carbonyl (C=O) groups excluding carboxylic acids is 2. The van der Waals surface area contributed by atoms with Crippen LogP contribution in [0.3, 0.4) is 0 Å². The quantitative estimate of drug-likeness (QED) is 0.619. The average molecular weight is 264 g/mol. The lowest BCUT2D eigenvalue weighted by Crippen LogP contribution is -2.34. The standard InChI is InChI=1S/C14H20N2O3/c1-3-16(4-2)13(17)10-19-14(18)9-11-6-5-7-12(15)8-11/h5-8H,3-4,9-10,15H2,1-2H3. The molecule has 2 N–H and O–H groups in total. The summed E-state index contributed by atoms with van der Waals surface area (Å²) in [6.07, 6.45) is 0.122. The topological polar surface area (TPSA) is 72.6 Å². The normalized spacial score (nSPS) is 10.0. The molecular weight excluding hydrogens is 244 g/mol. The lowest BCUT2D eigenvalue weighted by atomic mass is 10.1. The van der Waals surface area contributed by atoms with Crippen molar-refractivity contribution in [1.82, 2.24) is 4.90 Å². The molecule has 5 heteroatoms. The van der Waals surface area contributed by atoms with Gasteiger partial charge in [-0.3, -0.25) is 9.59 Å². The van der Waals surface area contributed by atoms with Crippen LogP contribution in [0.4, 0.5) is 5.69 Å². The number of carbonyl (C=O) groups is 2. The predicted molar refractivity (Wildman–Crippen MR) is 73.4 cm³/mol. The van der Waals surface area contributed by atoms with Crippen molar-refractivity contribution in [3.05, 3.63) is 29.8 Å². The summed E-state index contributed by atoms with van der Waals surface area (Å²) in [5.74, 6) is -0.600. The summed E-state index contributed by atoms with van der Waals surface area (Å²) in [6.45, 7) is 4.79. The summed E-state index contributed by atoms with van der Waals surface area (Å²) < 4.78 is 4.96. The molecule has 104 valence electrons. The predicted octanol–water partition coefficient (Wildman–Crippen LogP) is 1.22. The molecular formula is C14H20N2O3. The van der Waals surface area contributed by atoms with Gasteiger partial charge in [0.25, 0.3) is 5.91 Å². The van der Waals surface area contributed by atoms with Crippen molar-refractivity contribution in [1.29, 1.82) is 0 Å². The van der Waals surface area contributed by atoms with Crippen LogP contribution in [0.15, 0.2) is 24.3 Å². The van der Waals surface area contributed by atoms with E-state index in [9.17, 15) is 9.59 Å². The highest BCUT2D eigenvalue weighted by Crippen LogP contribution is 2.07. The number of nitrogens with two attached hydrogens (primary N) is 1. The Morgan fingerprint density at radius 2 is 1.95 bits per heavy atom. The number of esters is 1. The van der Waals surface area contributed by atoms with Gasteiger partial charge in [-0.25, -0.2) is 0 Å². The number of ether oxygens (including phenoxy) is 1. The summed E-state index contributed by atoms with van der Waals surface area (Å²) in [5.41, 5.74) is 7.00. The second-order valence-electron chi connectivity index (χ2n) is 4.15. The van der Waals surface area contributed by atoms with Crippen LogP contribution in [0.5, 0.6) is 0 Å². The Labute approximate surface area is 113 Å². The van der Waals surface area contributed by atoms with Crippen molar-refractivity contribution in [3.63, 3.8) is 0 Å². The van der Waals surface area contributed by atoms with Crippen LogP contribution >= 0.6 is 0 Å². The first-order valence-corrected chi connectivity index (χ1v) is 6.34. The van der Waals surface area contributed by atoms with Crippen LogP contribution in [0.1, 0.15) is 19.4 Å².